The summed E-state index contributed by atoms with van der Waals surface area (Å²) >= 11 is 0. The summed E-state index contributed by atoms with van der Waals surface area (Å²) in [5, 5.41) is 8.44. The molecule has 1 saturated heterocycles. The lowest BCUT2D eigenvalue weighted by molar-refractivity contribution is 0.206. The molecule has 0 bridgehead atoms. The van der Waals surface area contributed by atoms with Crippen LogP contribution in [0.25, 0.3) is 5.69 Å². The minimum atomic E-state index is 0.276. The smallest absolute Gasteiger partial charge is 0.154 e. The molecule has 1 aliphatic rings. The fourth-order valence-corrected chi connectivity index (χ4v) is 3.55. The van der Waals surface area contributed by atoms with Crippen molar-refractivity contribution in [1.82, 2.24) is 19.8 Å². The fourth-order valence-electron chi connectivity index (χ4n) is 3.55. The van der Waals surface area contributed by atoms with Gasteiger partial charge in [-0.2, -0.15) is 5.10 Å². The third-order valence-corrected chi connectivity index (χ3v) is 4.75. The van der Waals surface area contributed by atoms with E-state index in [0.29, 0.717) is 0 Å². The molecule has 4 rings (SSSR count). The van der Waals surface area contributed by atoms with Crippen LogP contribution in [0.5, 0.6) is 5.75 Å². The number of methoxy groups -OCH3 is 1. The third-order valence-electron chi connectivity index (χ3n) is 4.75. The lowest BCUT2D eigenvalue weighted by atomic mass is 10.1. The van der Waals surface area contributed by atoms with Crippen LogP contribution in [0.3, 0.4) is 0 Å². The van der Waals surface area contributed by atoms with Crippen LogP contribution >= 0.6 is 0 Å². The Labute approximate surface area is 147 Å². The first-order valence-corrected chi connectivity index (χ1v) is 8.59. The van der Waals surface area contributed by atoms with Gasteiger partial charge in [-0.25, -0.2) is 4.68 Å². The Kier molecular flexibility index (Phi) is 4.28. The van der Waals surface area contributed by atoms with Gasteiger partial charge in [-0.15, -0.1) is 0 Å². The minimum absolute atomic E-state index is 0.276. The molecule has 25 heavy (non-hydrogen) atoms. The number of hydrogen-bond donors (Lipinski definition) is 0. The zero-order valence-electron chi connectivity index (χ0n) is 14.6. The van der Waals surface area contributed by atoms with Crippen LogP contribution < -0.4 is 4.74 Å². The summed E-state index contributed by atoms with van der Waals surface area (Å²) in [6.45, 7) is 3.82. The first kappa shape index (κ1) is 15.9. The molecule has 6 nitrogen and oxygen atoms in total. The molecule has 0 aliphatic carbocycles. The Morgan fingerprint density at radius 3 is 2.96 bits per heavy atom. The van der Waals surface area contributed by atoms with Crippen molar-refractivity contribution < 1.29 is 9.26 Å². The molecule has 1 fully saturated rings. The highest BCUT2D eigenvalue weighted by Crippen LogP contribution is 2.34. The van der Waals surface area contributed by atoms with Gasteiger partial charge in [0, 0.05) is 25.0 Å². The quantitative estimate of drug-likeness (QED) is 0.712. The molecule has 1 atom stereocenters. The van der Waals surface area contributed by atoms with Gasteiger partial charge in [0.25, 0.3) is 0 Å². The van der Waals surface area contributed by atoms with E-state index in [-0.39, 0.29) is 6.04 Å². The van der Waals surface area contributed by atoms with Crippen LogP contribution in [0.2, 0.25) is 0 Å². The monoisotopic (exact) mass is 338 g/mol. The molecule has 0 spiro atoms. The summed E-state index contributed by atoms with van der Waals surface area (Å²) in [7, 11) is 1.70. The van der Waals surface area contributed by atoms with Crippen molar-refractivity contribution >= 4 is 0 Å². The van der Waals surface area contributed by atoms with Gasteiger partial charge in [-0.05, 0) is 56.1 Å². The molecule has 1 aliphatic heterocycles. The summed E-state index contributed by atoms with van der Waals surface area (Å²) in [6.07, 6.45) is 6.01. The average molecular weight is 338 g/mol. The van der Waals surface area contributed by atoms with E-state index >= 15 is 0 Å². The second-order valence-corrected chi connectivity index (χ2v) is 6.44. The molecule has 0 radical (unpaired) electrons. The lowest BCUT2D eigenvalue weighted by Crippen LogP contribution is -2.23. The zero-order valence-corrected chi connectivity index (χ0v) is 14.6. The Morgan fingerprint density at radius 2 is 2.24 bits per heavy atom. The normalized spacial score (nSPS) is 17.9. The summed E-state index contributed by atoms with van der Waals surface area (Å²) < 4.78 is 12.9. The SMILES string of the molecule is COc1ccc(-n2cccn2)c(CN2CCCC2c2cc(C)no2)c1. The van der Waals surface area contributed by atoms with Crippen molar-refractivity contribution in [2.24, 2.45) is 0 Å². The number of hydrogen-bond acceptors (Lipinski definition) is 5. The average Bonchev–Trinajstić information content (AvgIpc) is 3.36. The highest BCUT2D eigenvalue weighted by atomic mass is 16.5. The Bertz CT molecular complexity index is 841. The van der Waals surface area contributed by atoms with E-state index in [0.717, 1.165) is 48.8 Å². The van der Waals surface area contributed by atoms with Gasteiger partial charge in [0.05, 0.1) is 24.5 Å². The molecule has 3 heterocycles. The van der Waals surface area contributed by atoms with Crippen LogP contribution in [0, 0.1) is 6.92 Å². The first-order chi connectivity index (χ1) is 12.2. The van der Waals surface area contributed by atoms with Crippen LogP contribution in [0.1, 0.15) is 35.9 Å². The summed E-state index contributed by atoms with van der Waals surface area (Å²) in [5.41, 5.74) is 3.19. The van der Waals surface area contributed by atoms with E-state index in [2.05, 4.69) is 27.3 Å². The summed E-state index contributed by atoms with van der Waals surface area (Å²) in [5.74, 6) is 1.82. The van der Waals surface area contributed by atoms with E-state index in [1.807, 2.05) is 36.0 Å². The summed E-state index contributed by atoms with van der Waals surface area (Å²) in [4.78, 5) is 2.45. The van der Waals surface area contributed by atoms with Crippen molar-refractivity contribution in [3.63, 3.8) is 0 Å². The van der Waals surface area contributed by atoms with Gasteiger partial charge in [0.2, 0.25) is 0 Å². The highest BCUT2D eigenvalue weighted by Gasteiger charge is 2.29. The van der Waals surface area contributed by atoms with Crippen LogP contribution in [-0.2, 0) is 6.54 Å². The molecule has 130 valence electrons. The van der Waals surface area contributed by atoms with Gasteiger partial charge >= 0.3 is 0 Å². The van der Waals surface area contributed by atoms with Crippen molar-refractivity contribution in [3.8, 4) is 11.4 Å². The van der Waals surface area contributed by atoms with Crippen molar-refractivity contribution in [3.05, 3.63) is 59.7 Å². The standard InChI is InChI=1S/C19H22N4O2/c1-14-11-19(25-21-14)18-5-3-9-22(18)13-15-12-16(24-2)6-7-17(15)23-10-4-8-20-23/h4,6-8,10-12,18H,3,5,9,13H2,1-2H3. The second kappa shape index (κ2) is 6.72. The molecule has 2 aromatic heterocycles. The Morgan fingerprint density at radius 1 is 1.32 bits per heavy atom. The minimum Gasteiger partial charge on any atom is -0.497 e. The van der Waals surface area contributed by atoms with E-state index in [1.165, 1.54) is 5.56 Å². The number of benzene rings is 1. The topological polar surface area (TPSA) is 56.3 Å². The second-order valence-electron chi connectivity index (χ2n) is 6.44. The number of rotatable bonds is 5. The van der Waals surface area contributed by atoms with E-state index < -0.39 is 0 Å². The molecule has 0 saturated carbocycles. The molecule has 1 unspecified atom stereocenters. The fraction of sp³-hybridized carbons (Fsp3) is 0.368. The van der Waals surface area contributed by atoms with Crippen LogP contribution in [0.15, 0.2) is 47.2 Å². The van der Waals surface area contributed by atoms with E-state index in [1.54, 1.807) is 13.3 Å². The molecule has 1 aromatic carbocycles. The maximum absolute atomic E-state index is 5.53. The summed E-state index contributed by atoms with van der Waals surface area (Å²) in [6, 6.07) is 10.4. The molecule has 0 amide bonds. The predicted molar refractivity (Wildman–Crippen MR) is 93.7 cm³/mol. The molecular weight excluding hydrogens is 316 g/mol. The van der Waals surface area contributed by atoms with Crippen molar-refractivity contribution in [1.29, 1.82) is 0 Å². The predicted octanol–water partition coefficient (Wildman–Crippen LogP) is 3.51. The largest absolute Gasteiger partial charge is 0.497 e. The Hall–Kier alpha value is -2.60. The number of ether oxygens (including phenoxy) is 1. The number of likely N-dealkylation sites (tertiary alicyclic amines) is 1. The third kappa shape index (κ3) is 3.17. The highest BCUT2D eigenvalue weighted by molar-refractivity contribution is 5.45. The van der Waals surface area contributed by atoms with Gasteiger partial charge in [0.1, 0.15) is 5.75 Å². The zero-order chi connectivity index (χ0) is 17.2. The van der Waals surface area contributed by atoms with Gasteiger partial charge in [-0.1, -0.05) is 5.16 Å². The maximum Gasteiger partial charge on any atom is 0.154 e. The maximum atomic E-state index is 5.53. The van der Waals surface area contributed by atoms with Gasteiger partial charge in [0.15, 0.2) is 5.76 Å². The van der Waals surface area contributed by atoms with Gasteiger partial charge in [-0.3, -0.25) is 4.90 Å². The van der Waals surface area contributed by atoms with Crippen LogP contribution in [-0.4, -0.2) is 33.5 Å². The number of aryl methyl sites for hydroxylation is 1. The Balaban J connectivity index is 1.65. The lowest BCUT2D eigenvalue weighted by Gasteiger charge is -2.24. The van der Waals surface area contributed by atoms with E-state index in [9.17, 15) is 0 Å². The van der Waals surface area contributed by atoms with Crippen molar-refractivity contribution in [2.75, 3.05) is 13.7 Å². The van der Waals surface area contributed by atoms with E-state index in [4.69, 9.17) is 9.26 Å². The first-order valence-electron chi connectivity index (χ1n) is 8.59. The number of aromatic nitrogens is 3. The molecule has 6 heteroatoms. The number of nitrogens with zero attached hydrogens (tertiary/aromatic N) is 4. The molecular formula is C19H22N4O2. The molecule has 0 N–H and O–H groups in total. The van der Waals surface area contributed by atoms with Crippen LogP contribution in [0.4, 0.5) is 0 Å². The molecule has 3 aromatic rings. The van der Waals surface area contributed by atoms with Gasteiger partial charge < -0.3 is 9.26 Å². The van der Waals surface area contributed by atoms with Crippen molar-refractivity contribution in [2.45, 2.75) is 32.4 Å².